The van der Waals surface area contributed by atoms with E-state index >= 15 is 0 Å². The predicted octanol–water partition coefficient (Wildman–Crippen LogP) is 3.04. The van der Waals surface area contributed by atoms with E-state index in [0.29, 0.717) is 30.0 Å². The molecule has 1 spiro atoms. The molecule has 3 fully saturated rings. The minimum absolute atomic E-state index is 0.0603. The normalized spacial score (nSPS) is 30.3. The van der Waals surface area contributed by atoms with Gasteiger partial charge in [-0.15, -0.1) is 13.2 Å². The Morgan fingerprint density at radius 1 is 1.33 bits per heavy atom. The van der Waals surface area contributed by atoms with Crippen LogP contribution in [-0.2, 0) is 23.9 Å². The first-order chi connectivity index (χ1) is 17.2. The molecule has 3 heterocycles. The molecule has 0 saturated carbocycles. The van der Waals surface area contributed by atoms with Gasteiger partial charge in [0, 0.05) is 13.1 Å². The molecule has 1 aromatic rings. The molecule has 3 aliphatic rings. The number of anilines is 1. The molecule has 3 aliphatic heterocycles. The van der Waals surface area contributed by atoms with E-state index in [9.17, 15) is 19.5 Å². The van der Waals surface area contributed by atoms with Crippen LogP contribution in [-0.4, -0.2) is 71.3 Å². The van der Waals surface area contributed by atoms with Crippen molar-refractivity contribution in [3.63, 3.8) is 0 Å². The van der Waals surface area contributed by atoms with Crippen LogP contribution >= 0.6 is 11.6 Å². The number of β-amino-alcohol motifs (C(OH)–C–C–N with tert-alkyl or cyclic N) is 1. The number of carbonyl (C=O) groups excluding carboxylic acids is 3. The average Bonchev–Trinajstić information content (AvgIpc) is 3.39. The largest absolute Gasteiger partial charge is 0.465 e. The number of aliphatic hydroxyl groups excluding tert-OH is 1. The summed E-state index contributed by atoms with van der Waals surface area (Å²) < 4.78 is 12.0. The van der Waals surface area contributed by atoms with Crippen LogP contribution in [0.3, 0.4) is 0 Å². The molecule has 2 amide bonds. The number of benzene rings is 1. The van der Waals surface area contributed by atoms with E-state index < -0.39 is 35.0 Å². The zero-order valence-electron chi connectivity index (χ0n) is 20.7. The SMILES string of the molecule is C=CCCOC(=O)[C@@H]1[C@H]2C(=O)N(CCO)C(C(=O)N(CC=C)c3c(C)cccc3Cl)C23CC[C@@]1(C)O3. The molecule has 3 saturated heterocycles. The van der Waals surface area contributed by atoms with E-state index in [4.69, 9.17) is 21.1 Å². The second kappa shape index (κ2) is 10.00. The average molecular weight is 517 g/mol. The van der Waals surface area contributed by atoms with Crippen LogP contribution in [0.25, 0.3) is 0 Å². The van der Waals surface area contributed by atoms with Crippen molar-refractivity contribution in [2.45, 2.75) is 50.4 Å². The fourth-order valence-corrected chi connectivity index (χ4v) is 6.60. The first kappa shape index (κ1) is 26.4. The quantitative estimate of drug-likeness (QED) is 0.292. The molecule has 0 aromatic heterocycles. The van der Waals surface area contributed by atoms with E-state index in [2.05, 4.69) is 13.2 Å². The third kappa shape index (κ3) is 3.96. The summed E-state index contributed by atoms with van der Waals surface area (Å²) in [6.07, 6.45) is 4.67. The Balaban J connectivity index is 1.78. The van der Waals surface area contributed by atoms with Crippen LogP contribution in [0.15, 0.2) is 43.5 Å². The van der Waals surface area contributed by atoms with Crippen molar-refractivity contribution in [2.24, 2.45) is 11.8 Å². The molecule has 0 radical (unpaired) electrons. The maximum Gasteiger partial charge on any atom is 0.312 e. The molecule has 1 N–H and O–H groups in total. The molecule has 8 nitrogen and oxygen atoms in total. The van der Waals surface area contributed by atoms with E-state index in [-0.39, 0.29) is 38.1 Å². The number of hydrogen-bond donors (Lipinski definition) is 1. The summed E-state index contributed by atoms with van der Waals surface area (Å²) >= 11 is 6.52. The lowest BCUT2D eigenvalue weighted by atomic mass is 9.66. The topological polar surface area (TPSA) is 96.4 Å². The van der Waals surface area contributed by atoms with Gasteiger partial charge in [-0.05, 0) is 44.7 Å². The minimum atomic E-state index is -1.21. The molecular weight excluding hydrogens is 484 g/mol. The van der Waals surface area contributed by atoms with Gasteiger partial charge in [0.25, 0.3) is 5.91 Å². The Morgan fingerprint density at radius 3 is 2.72 bits per heavy atom. The van der Waals surface area contributed by atoms with Crippen molar-refractivity contribution < 1.29 is 29.0 Å². The number of carbonyl (C=O) groups is 3. The number of likely N-dealkylation sites (tertiary alicyclic amines) is 1. The van der Waals surface area contributed by atoms with Crippen LogP contribution in [0, 0.1) is 18.8 Å². The van der Waals surface area contributed by atoms with Crippen LogP contribution in [0.1, 0.15) is 31.7 Å². The lowest BCUT2D eigenvalue weighted by Crippen LogP contribution is -2.57. The number of para-hydroxylation sites is 1. The second-order valence-electron chi connectivity index (χ2n) is 9.87. The van der Waals surface area contributed by atoms with Gasteiger partial charge in [-0.2, -0.15) is 0 Å². The van der Waals surface area contributed by atoms with Gasteiger partial charge in [0.2, 0.25) is 5.91 Å². The highest BCUT2D eigenvalue weighted by molar-refractivity contribution is 6.34. The van der Waals surface area contributed by atoms with Gasteiger partial charge in [-0.3, -0.25) is 14.4 Å². The highest BCUT2D eigenvalue weighted by Crippen LogP contribution is 2.63. The molecule has 1 aromatic carbocycles. The first-order valence-corrected chi connectivity index (χ1v) is 12.6. The second-order valence-corrected chi connectivity index (χ2v) is 10.3. The molecule has 2 unspecified atom stereocenters. The van der Waals surface area contributed by atoms with Gasteiger partial charge >= 0.3 is 5.97 Å². The summed E-state index contributed by atoms with van der Waals surface area (Å²) in [5, 5.41) is 10.2. The number of nitrogens with zero attached hydrogens (tertiary/aromatic N) is 2. The standard InChI is InChI=1S/C27H33ClN2O6/c1-5-7-16-35-25(34)20-19-23(32)30(14-15-31)22(27(19)12-11-26(20,4)36-27)24(33)29(13-6-2)21-17(3)9-8-10-18(21)28/h5-6,8-10,19-20,22,31H,1-2,7,11-16H2,3-4H3/t19-,20-,22?,26+,27?/m0/s1. The Labute approximate surface area is 216 Å². The van der Waals surface area contributed by atoms with Crippen LogP contribution in [0.2, 0.25) is 5.02 Å². The van der Waals surface area contributed by atoms with E-state index in [1.54, 1.807) is 24.3 Å². The fourth-order valence-electron chi connectivity index (χ4n) is 6.28. The summed E-state index contributed by atoms with van der Waals surface area (Å²) in [6, 6.07) is 4.32. The predicted molar refractivity (Wildman–Crippen MR) is 136 cm³/mol. The van der Waals surface area contributed by atoms with Gasteiger partial charge in [0.05, 0.1) is 35.4 Å². The lowest BCUT2D eigenvalue weighted by molar-refractivity contribution is -0.159. The lowest BCUT2D eigenvalue weighted by Gasteiger charge is -2.37. The minimum Gasteiger partial charge on any atom is -0.465 e. The molecular formula is C27H33ClN2O6. The van der Waals surface area contributed by atoms with E-state index in [1.165, 1.54) is 9.80 Å². The van der Waals surface area contributed by atoms with Crippen molar-refractivity contribution in [1.29, 1.82) is 0 Å². The number of aryl methyl sites for hydroxylation is 1. The van der Waals surface area contributed by atoms with Gasteiger partial charge in [-0.25, -0.2) is 0 Å². The molecule has 194 valence electrons. The summed E-state index contributed by atoms with van der Waals surface area (Å²) in [5.74, 6) is -3.02. The van der Waals surface area contributed by atoms with Crippen molar-refractivity contribution in [1.82, 2.24) is 4.90 Å². The van der Waals surface area contributed by atoms with Gasteiger partial charge in [0.15, 0.2) is 0 Å². The number of ether oxygens (including phenoxy) is 2. The summed E-state index contributed by atoms with van der Waals surface area (Å²) in [4.78, 5) is 44.2. The number of halogens is 1. The molecule has 0 aliphatic carbocycles. The first-order valence-electron chi connectivity index (χ1n) is 12.2. The maximum absolute atomic E-state index is 14.3. The Kier molecular flexibility index (Phi) is 7.33. The Morgan fingerprint density at radius 2 is 2.08 bits per heavy atom. The summed E-state index contributed by atoms with van der Waals surface area (Å²) in [7, 11) is 0. The van der Waals surface area contributed by atoms with Crippen LogP contribution in [0.5, 0.6) is 0 Å². The third-order valence-corrected chi connectivity index (χ3v) is 8.01. The number of amides is 2. The maximum atomic E-state index is 14.3. The highest BCUT2D eigenvalue weighted by Gasteiger charge is 2.78. The number of fused-ring (bicyclic) bond motifs is 1. The third-order valence-electron chi connectivity index (χ3n) is 7.71. The monoisotopic (exact) mass is 516 g/mol. The van der Waals surface area contributed by atoms with Crippen molar-refractivity contribution >= 4 is 35.1 Å². The number of esters is 1. The fraction of sp³-hybridized carbons (Fsp3) is 0.519. The number of aliphatic hydroxyl groups is 1. The van der Waals surface area contributed by atoms with Crippen molar-refractivity contribution in [2.75, 3.05) is 31.2 Å². The zero-order chi connectivity index (χ0) is 26.3. The van der Waals surface area contributed by atoms with Crippen molar-refractivity contribution in [3.8, 4) is 0 Å². The van der Waals surface area contributed by atoms with Gasteiger partial charge in [0.1, 0.15) is 17.6 Å². The van der Waals surface area contributed by atoms with Gasteiger partial charge in [-0.1, -0.05) is 35.9 Å². The molecule has 9 heteroatoms. The number of hydrogen-bond acceptors (Lipinski definition) is 6. The summed E-state index contributed by atoms with van der Waals surface area (Å²) in [6.45, 7) is 11.0. The van der Waals surface area contributed by atoms with Crippen LogP contribution in [0.4, 0.5) is 5.69 Å². The Hall–Kier alpha value is -2.68. The van der Waals surface area contributed by atoms with Crippen LogP contribution < -0.4 is 4.90 Å². The van der Waals surface area contributed by atoms with Gasteiger partial charge < -0.3 is 24.4 Å². The van der Waals surface area contributed by atoms with E-state index in [0.717, 1.165) is 5.56 Å². The molecule has 2 bridgehead atoms. The number of rotatable bonds is 10. The highest BCUT2D eigenvalue weighted by atomic mass is 35.5. The zero-order valence-corrected chi connectivity index (χ0v) is 21.5. The van der Waals surface area contributed by atoms with Crippen molar-refractivity contribution in [3.05, 3.63) is 54.1 Å². The summed E-state index contributed by atoms with van der Waals surface area (Å²) in [5.41, 5.74) is -0.829. The Bertz CT molecular complexity index is 1070. The van der Waals surface area contributed by atoms with E-state index in [1.807, 2.05) is 19.9 Å². The molecule has 36 heavy (non-hydrogen) atoms. The molecule has 5 atom stereocenters. The molecule has 4 rings (SSSR count). The smallest absolute Gasteiger partial charge is 0.312 e.